The number of fused-ring (bicyclic) bond motifs is 1. The molecule has 0 radical (unpaired) electrons. The van der Waals surface area contributed by atoms with Gasteiger partial charge in [-0.1, -0.05) is 11.6 Å². The van der Waals surface area contributed by atoms with Gasteiger partial charge in [-0.3, -0.25) is 24.6 Å². The minimum atomic E-state index is -0.600. The lowest BCUT2D eigenvalue weighted by Gasteiger charge is -2.28. The number of halogens is 1. The van der Waals surface area contributed by atoms with Crippen LogP contribution < -0.4 is 15.0 Å². The van der Waals surface area contributed by atoms with Gasteiger partial charge in [0, 0.05) is 5.02 Å². The maximum absolute atomic E-state index is 12.1. The molecule has 1 aliphatic heterocycles. The van der Waals surface area contributed by atoms with Crippen molar-refractivity contribution >= 4 is 50.6 Å². The van der Waals surface area contributed by atoms with Gasteiger partial charge in [0.05, 0.1) is 10.6 Å². The third kappa shape index (κ3) is 3.29. The molecule has 1 aliphatic rings. The number of amides is 2. The molecule has 0 unspecified atom stereocenters. The van der Waals surface area contributed by atoms with E-state index < -0.39 is 16.7 Å². The zero-order valence-corrected chi connectivity index (χ0v) is 13.5. The maximum Gasteiger partial charge on any atom is 0.345 e. The van der Waals surface area contributed by atoms with Crippen LogP contribution >= 0.6 is 22.9 Å². The largest absolute Gasteiger partial charge is 0.482 e. The molecule has 2 aromatic rings. The molecule has 0 fully saturated rings. The summed E-state index contributed by atoms with van der Waals surface area (Å²) in [6.45, 7) is -0.479. The summed E-state index contributed by atoms with van der Waals surface area (Å²) < 4.78 is 5.28. The summed E-state index contributed by atoms with van der Waals surface area (Å²) in [7, 11) is 0. The number of anilines is 2. The Kier molecular flexibility index (Phi) is 4.32. The SMILES string of the molecule is O=C(CN1C(=O)COc2ccc(Cl)cc21)Nc1ncc([N+](=O)[O-])s1. The molecule has 1 aromatic carbocycles. The molecule has 0 saturated carbocycles. The molecule has 0 bridgehead atoms. The lowest BCUT2D eigenvalue weighted by atomic mass is 10.2. The van der Waals surface area contributed by atoms with Crippen LogP contribution in [0.2, 0.25) is 5.02 Å². The highest BCUT2D eigenvalue weighted by Crippen LogP contribution is 2.34. The van der Waals surface area contributed by atoms with Crippen molar-refractivity contribution in [3.63, 3.8) is 0 Å². The number of aromatic nitrogens is 1. The Bertz CT molecular complexity index is 840. The average Bonchev–Trinajstić information content (AvgIpc) is 2.99. The summed E-state index contributed by atoms with van der Waals surface area (Å²) >= 11 is 6.65. The van der Waals surface area contributed by atoms with Crippen molar-refractivity contribution in [2.75, 3.05) is 23.4 Å². The summed E-state index contributed by atoms with van der Waals surface area (Å²) in [6, 6.07) is 4.75. The van der Waals surface area contributed by atoms with E-state index in [-0.39, 0.29) is 23.3 Å². The summed E-state index contributed by atoms with van der Waals surface area (Å²) in [5.41, 5.74) is 0.388. The summed E-state index contributed by atoms with van der Waals surface area (Å²) in [4.78, 5) is 39.1. The first kappa shape index (κ1) is 16.1. The van der Waals surface area contributed by atoms with Gasteiger partial charge >= 0.3 is 5.00 Å². The van der Waals surface area contributed by atoms with E-state index in [0.717, 1.165) is 17.5 Å². The molecule has 0 spiro atoms. The second kappa shape index (κ2) is 6.42. The smallest absolute Gasteiger partial charge is 0.345 e. The lowest BCUT2D eigenvalue weighted by molar-refractivity contribution is -0.380. The van der Waals surface area contributed by atoms with Crippen LogP contribution in [0.25, 0.3) is 0 Å². The maximum atomic E-state index is 12.1. The van der Waals surface area contributed by atoms with E-state index in [9.17, 15) is 19.7 Å². The highest BCUT2D eigenvalue weighted by atomic mass is 35.5. The highest BCUT2D eigenvalue weighted by molar-refractivity contribution is 7.18. The fourth-order valence-corrected chi connectivity index (χ4v) is 2.87. The molecule has 2 heterocycles. The Balaban J connectivity index is 1.75. The van der Waals surface area contributed by atoms with E-state index in [0.29, 0.717) is 16.5 Å². The quantitative estimate of drug-likeness (QED) is 0.652. The molecule has 11 heteroatoms. The van der Waals surface area contributed by atoms with Crippen LogP contribution in [0.4, 0.5) is 15.8 Å². The van der Waals surface area contributed by atoms with Crippen LogP contribution in [-0.4, -0.2) is 34.9 Å². The number of hydrogen-bond donors (Lipinski definition) is 1. The zero-order chi connectivity index (χ0) is 17.3. The number of carbonyl (C=O) groups excluding carboxylic acids is 2. The Morgan fingerprint density at radius 2 is 2.33 bits per heavy atom. The fraction of sp³-hybridized carbons (Fsp3) is 0.154. The van der Waals surface area contributed by atoms with Gasteiger partial charge in [0.15, 0.2) is 11.7 Å². The summed E-state index contributed by atoms with van der Waals surface area (Å²) in [5.74, 6) is -0.498. The molecular weight excluding hydrogens is 360 g/mol. The molecule has 2 amide bonds. The van der Waals surface area contributed by atoms with Gasteiger partial charge < -0.3 is 10.1 Å². The molecule has 0 saturated heterocycles. The number of rotatable bonds is 4. The first-order valence-corrected chi connectivity index (χ1v) is 7.76. The fourth-order valence-electron chi connectivity index (χ4n) is 2.06. The predicted octanol–water partition coefficient (Wildman–Crippen LogP) is 2.07. The van der Waals surface area contributed by atoms with E-state index in [1.807, 2.05) is 0 Å². The summed E-state index contributed by atoms with van der Waals surface area (Å²) in [5, 5.41) is 13.3. The number of benzene rings is 1. The van der Waals surface area contributed by atoms with Gasteiger partial charge in [-0.15, -0.1) is 0 Å². The monoisotopic (exact) mass is 368 g/mol. The van der Waals surface area contributed by atoms with E-state index in [2.05, 4.69) is 10.3 Å². The average molecular weight is 369 g/mol. The van der Waals surface area contributed by atoms with E-state index in [1.54, 1.807) is 12.1 Å². The van der Waals surface area contributed by atoms with Crippen LogP contribution in [0.1, 0.15) is 0 Å². The first-order valence-electron chi connectivity index (χ1n) is 6.57. The highest BCUT2D eigenvalue weighted by Gasteiger charge is 2.28. The molecule has 1 aromatic heterocycles. The topological polar surface area (TPSA) is 115 Å². The Morgan fingerprint density at radius 3 is 3.04 bits per heavy atom. The van der Waals surface area contributed by atoms with Crippen molar-refractivity contribution < 1.29 is 19.2 Å². The van der Waals surface area contributed by atoms with Gasteiger partial charge in [0.2, 0.25) is 5.91 Å². The Hall–Kier alpha value is -2.72. The molecule has 124 valence electrons. The van der Waals surface area contributed by atoms with Crippen molar-refractivity contribution in [1.82, 2.24) is 4.98 Å². The number of thiazole rings is 1. The normalized spacial score (nSPS) is 13.2. The molecule has 0 aliphatic carbocycles. The molecule has 3 rings (SSSR count). The van der Waals surface area contributed by atoms with Gasteiger partial charge in [-0.05, 0) is 29.5 Å². The van der Waals surface area contributed by atoms with Crippen LogP contribution in [0.3, 0.4) is 0 Å². The van der Waals surface area contributed by atoms with Crippen molar-refractivity contribution in [1.29, 1.82) is 0 Å². The Morgan fingerprint density at radius 1 is 1.54 bits per heavy atom. The number of nitrogens with one attached hydrogen (secondary N) is 1. The summed E-state index contributed by atoms with van der Waals surface area (Å²) in [6.07, 6.45) is 1.05. The number of nitro groups is 1. The third-order valence-electron chi connectivity index (χ3n) is 3.09. The van der Waals surface area contributed by atoms with Gasteiger partial charge in [0.25, 0.3) is 5.91 Å². The van der Waals surface area contributed by atoms with Crippen molar-refractivity contribution in [2.45, 2.75) is 0 Å². The predicted molar refractivity (Wildman–Crippen MR) is 86.7 cm³/mol. The number of nitrogens with zero attached hydrogens (tertiary/aromatic N) is 3. The van der Waals surface area contributed by atoms with Gasteiger partial charge in [-0.25, -0.2) is 4.98 Å². The second-order valence-electron chi connectivity index (χ2n) is 4.69. The van der Waals surface area contributed by atoms with Crippen molar-refractivity contribution in [2.24, 2.45) is 0 Å². The standard InChI is InChI=1S/C13H9ClN4O5S/c14-7-1-2-9-8(3-7)17(11(20)6-23-9)5-10(19)16-13-15-4-12(24-13)18(21)22/h1-4H,5-6H2,(H,15,16,19). The number of carbonyl (C=O) groups is 2. The lowest BCUT2D eigenvalue weighted by Crippen LogP contribution is -2.43. The third-order valence-corrected chi connectivity index (χ3v) is 4.19. The Labute approximate surface area is 144 Å². The van der Waals surface area contributed by atoms with E-state index in [1.165, 1.54) is 11.0 Å². The molecule has 1 N–H and O–H groups in total. The van der Waals surface area contributed by atoms with Crippen LogP contribution in [-0.2, 0) is 9.59 Å². The molecule has 24 heavy (non-hydrogen) atoms. The van der Waals surface area contributed by atoms with Gasteiger partial charge in [-0.2, -0.15) is 0 Å². The van der Waals surface area contributed by atoms with Crippen LogP contribution in [0.15, 0.2) is 24.4 Å². The zero-order valence-electron chi connectivity index (χ0n) is 11.9. The van der Waals surface area contributed by atoms with Gasteiger partial charge in [0.1, 0.15) is 18.5 Å². The van der Waals surface area contributed by atoms with Crippen molar-refractivity contribution in [3.8, 4) is 5.75 Å². The molecule has 0 atom stereocenters. The first-order chi connectivity index (χ1) is 11.4. The molecular formula is C13H9ClN4O5S. The minimum absolute atomic E-state index is 0.0822. The minimum Gasteiger partial charge on any atom is -0.482 e. The van der Waals surface area contributed by atoms with Crippen LogP contribution in [0.5, 0.6) is 5.75 Å². The van der Waals surface area contributed by atoms with Crippen molar-refractivity contribution in [3.05, 3.63) is 39.5 Å². The second-order valence-corrected chi connectivity index (χ2v) is 6.14. The molecule has 9 nitrogen and oxygen atoms in total. The number of ether oxygens (including phenoxy) is 1. The van der Waals surface area contributed by atoms with Crippen LogP contribution in [0, 0.1) is 10.1 Å². The number of hydrogen-bond acceptors (Lipinski definition) is 7. The van der Waals surface area contributed by atoms with E-state index in [4.69, 9.17) is 16.3 Å². The van der Waals surface area contributed by atoms with E-state index >= 15 is 0 Å².